The van der Waals surface area contributed by atoms with Gasteiger partial charge in [0.25, 0.3) is 0 Å². The van der Waals surface area contributed by atoms with E-state index in [1.807, 2.05) is 23.1 Å². The summed E-state index contributed by atoms with van der Waals surface area (Å²) < 4.78 is 0. The van der Waals surface area contributed by atoms with Crippen molar-refractivity contribution in [2.24, 2.45) is 0 Å². The van der Waals surface area contributed by atoms with Crippen LogP contribution in [0.1, 0.15) is 25.0 Å². The molecule has 1 fully saturated rings. The van der Waals surface area contributed by atoms with Gasteiger partial charge >= 0.3 is 0 Å². The van der Waals surface area contributed by atoms with Gasteiger partial charge in [-0.3, -0.25) is 9.78 Å². The summed E-state index contributed by atoms with van der Waals surface area (Å²) in [4.78, 5) is 18.1. The summed E-state index contributed by atoms with van der Waals surface area (Å²) >= 11 is 0. The Balaban J connectivity index is 1.61. The molecule has 98 valence electrons. The number of pyridine rings is 1. The number of nitrogens with one attached hydrogen (secondary N) is 1. The molecule has 2 rings (SSSR count). The highest BCUT2D eigenvalue weighted by Crippen LogP contribution is 2.08. The normalized spacial score (nSPS) is 15.7. The van der Waals surface area contributed by atoms with Crippen molar-refractivity contribution in [3.63, 3.8) is 0 Å². The fourth-order valence-corrected chi connectivity index (χ4v) is 2.21. The molecule has 1 amide bonds. The van der Waals surface area contributed by atoms with Crippen LogP contribution < -0.4 is 5.32 Å². The number of amides is 1. The number of rotatable bonds is 5. The number of hydrogen-bond acceptors (Lipinski definition) is 3. The predicted molar refractivity (Wildman–Crippen MR) is 71.2 cm³/mol. The van der Waals surface area contributed by atoms with Gasteiger partial charge in [0.1, 0.15) is 0 Å². The van der Waals surface area contributed by atoms with Crippen LogP contribution in [-0.4, -0.2) is 42.0 Å². The number of likely N-dealkylation sites (tertiary alicyclic amines) is 1. The van der Waals surface area contributed by atoms with Crippen LogP contribution in [0.25, 0.3) is 0 Å². The summed E-state index contributed by atoms with van der Waals surface area (Å²) in [5, 5.41) is 3.20. The van der Waals surface area contributed by atoms with E-state index in [1.165, 1.54) is 6.42 Å². The highest BCUT2D eigenvalue weighted by Gasteiger charge is 2.15. The zero-order valence-electron chi connectivity index (χ0n) is 10.8. The number of hydrogen-bond donors (Lipinski definition) is 1. The second kappa shape index (κ2) is 7.11. The maximum Gasteiger partial charge on any atom is 0.236 e. The van der Waals surface area contributed by atoms with Crippen molar-refractivity contribution in [3.8, 4) is 0 Å². The fraction of sp³-hybridized carbons (Fsp3) is 0.571. The van der Waals surface area contributed by atoms with Crippen LogP contribution in [0.2, 0.25) is 0 Å². The Morgan fingerprint density at radius 3 is 2.83 bits per heavy atom. The zero-order chi connectivity index (χ0) is 12.6. The number of piperidine rings is 1. The molecule has 0 spiro atoms. The van der Waals surface area contributed by atoms with Crippen LogP contribution in [0.4, 0.5) is 0 Å². The summed E-state index contributed by atoms with van der Waals surface area (Å²) in [6.07, 6.45) is 6.23. The topological polar surface area (TPSA) is 45.2 Å². The molecule has 1 saturated heterocycles. The molecule has 0 bridgehead atoms. The monoisotopic (exact) mass is 247 g/mol. The molecule has 2 heterocycles. The van der Waals surface area contributed by atoms with Crippen LogP contribution in [0.3, 0.4) is 0 Å². The number of nitrogens with zero attached hydrogens (tertiary/aromatic N) is 2. The number of aromatic nitrogens is 1. The minimum Gasteiger partial charge on any atom is -0.342 e. The van der Waals surface area contributed by atoms with E-state index in [0.717, 1.165) is 44.6 Å². The van der Waals surface area contributed by atoms with E-state index in [1.54, 1.807) is 6.20 Å². The van der Waals surface area contributed by atoms with Gasteiger partial charge in [0.2, 0.25) is 5.91 Å². The van der Waals surface area contributed by atoms with E-state index in [2.05, 4.69) is 10.3 Å². The van der Waals surface area contributed by atoms with Gasteiger partial charge in [0.15, 0.2) is 0 Å². The third-order valence-electron chi connectivity index (χ3n) is 3.27. The van der Waals surface area contributed by atoms with Gasteiger partial charge in [-0.25, -0.2) is 0 Å². The van der Waals surface area contributed by atoms with E-state index in [0.29, 0.717) is 6.54 Å². The van der Waals surface area contributed by atoms with Crippen molar-refractivity contribution in [2.45, 2.75) is 25.7 Å². The van der Waals surface area contributed by atoms with Crippen LogP contribution in [0, 0.1) is 0 Å². The van der Waals surface area contributed by atoms with Gasteiger partial charge in [-0.2, -0.15) is 0 Å². The first-order chi connectivity index (χ1) is 8.86. The molecule has 1 aromatic heterocycles. The predicted octanol–water partition coefficient (Wildman–Crippen LogP) is 1.23. The van der Waals surface area contributed by atoms with Crippen LogP contribution in [0.5, 0.6) is 0 Å². The third-order valence-corrected chi connectivity index (χ3v) is 3.27. The minimum absolute atomic E-state index is 0.232. The molecule has 0 unspecified atom stereocenters. The van der Waals surface area contributed by atoms with Gasteiger partial charge in [-0.1, -0.05) is 6.07 Å². The Morgan fingerprint density at radius 2 is 2.11 bits per heavy atom. The third kappa shape index (κ3) is 4.11. The number of carbonyl (C=O) groups excluding carboxylic acids is 1. The van der Waals surface area contributed by atoms with E-state index >= 15 is 0 Å². The standard InChI is InChI=1S/C14H21N3O/c18-14(17-10-4-1-5-11-17)12-15-9-7-13-6-2-3-8-16-13/h2-3,6,8,15H,1,4-5,7,9-12H2. The Morgan fingerprint density at radius 1 is 1.28 bits per heavy atom. The van der Waals surface area contributed by atoms with E-state index in [9.17, 15) is 4.79 Å². The lowest BCUT2D eigenvalue weighted by Gasteiger charge is -2.26. The molecule has 0 radical (unpaired) electrons. The average molecular weight is 247 g/mol. The maximum absolute atomic E-state index is 11.9. The lowest BCUT2D eigenvalue weighted by molar-refractivity contribution is -0.131. The van der Waals surface area contributed by atoms with Gasteiger partial charge < -0.3 is 10.2 Å². The van der Waals surface area contributed by atoms with Crippen molar-refractivity contribution in [1.29, 1.82) is 0 Å². The van der Waals surface area contributed by atoms with E-state index in [-0.39, 0.29) is 5.91 Å². The molecular formula is C14H21N3O. The Kier molecular flexibility index (Phi) is 5.15. The second-order valence-corrected chi connectivity index (χ2v) is 4.69. The van der Waals surface area contributed by atoms with Crippen molar-refractivity contribution >= 4 is 5.91 Å². The van der Waals surface area contributed by atoms with Crippen molar-refractivity contribution in [3.05, 3.63) is 30.1 Å². The largest absolute Gasteiger partial charge is 0.342 e. The fourth-order valence-electron chi connectivity index (χ4n) is 2.21. The summed E-state index contributed by atoms with van der Waals surface area (Å²) in [5.41, 5.74) is 1.07. The maximum atomic E-state index is 11.9. The van der Waals surface area contributed by atoms with Gasteiger partial charge in [0.05, 0.1) is 6.54 Å². The lowest BCUT2D eigenvalue weighted by atomic mass is 10.1. The quantitative estimate of drug-likeness (QED) is 0.796. The zero-order valence-corrected chi connectivity index (χ0v) is 10.8. The average Bonchev–Trinajstić information content (AvgIpc) is 2.45. The summed E-state index contributed by atoms with van der Waals surface area (Å²) in [5.74, 6) is 0.232. The molecule has 4 heteroatoms. The SMILES string of the molecule is O=C(CNCCc1ccccn1)N1CCCCC1. The van der Waals surface area contributed by atoms with Crippen LogP contribution in [-0.2, 0) is 11.2 Å². The van der Waals surface area contributed by atoms with Crippen LogP contribution >= 0.6 is 0 Å². The molecule has 0 aliphatic carbocycles. The molecule has 18 heavy (non-hydrogen) atoms. The van der Waals surface area contributed by atoms with Gasteiger partial charge in [0, 0.05) is 37.9 Å². The molecule has 1 aliphatic heterocycles. The molecule has 1 aromatic rings. The lowest BCUT2D eigenvalue weighted by Crippen LogP contribution is -2.41. The van der Waals surface area contributed by atoms with Crippen molar-refractivity contribution in [2.75, 3.05) is 26.2 Å². The van der Waals surface area contributed by atoms with Crippen molar-refractivity contribution in [1.82, 2.24) is 15.2 Å². The first-order valence-electron chi connectivity index (χ1n) is 6.74. The molecule has 1 aliphatic rings. The van der Waals surface area contributed by atoms with E-state index in [4.69, 9.17) is 0 Å². The smallest absolute Gasteiger partial charge is 0.236 e. The minimum atomic E-state index is 0.232. The molecule has 4 nitrogen and oxygen atoms in total. The first kappa shape index (κ1) is 13.0. The Hall–Kier alpha value is -1.42. The summed E-state index contributed by atoms with van der Waals surface area (Å²) in [7, 11) is 0. The first-order valence-corrected chi connectivity index (χ1v) is 6.74. The summed E-state index contributed by atoms with van der Waals surface area (Å²) in [6.45, 7) is 3.12. The molecule has 0 aromatic carbocycles. The number of carbonyl (C=O) groups is 1. The highest BCUT2D eigenvalue weighted by atomic mass is 16.2. The molecular weight excluding hydrogens is 226 g/mol. The Labute approximate surface area is 108 Å². The van der Waals surface area contributed by atoms with Crippen molar-refractivity contribution < 1.29 is 4.79 Å². The summed E-state index contributed by atoms with van der Waals surface area (Å²) in [6, 6.07) is 5.91. The second-order valence-electron chi connectivity index (χ2n) is 4.69. The van der Waals surface area contributed by atoms with Crippen LogP contribution in [0.15, 0.2) is 24.4 Å². The molecule has 0 atom stereocenters. The van der Waals surface area contributed by atoms with E-state index < -0.39 is 0 Å². The van der Waals surface area contributed by atoms with Gasteiger partial charge in [-0.05, 0) is 31.4 Å². The molecule has 1 N–H and O–H groups in total. The van der Waals surface area contributed by atoms with Gasteiger partial charge in [-0.15, -0.1) is 0 Å². The molecule has 0 saturated carbocycles. The highest BCUT2D eigenvalue weighted by molar-refractivity contribution is 5.78. The Bertz CT molecular complexity index is 361.